The molecule has 4 heterocycles. The van der Waals surface area contributed by atoms with Gasteiger partial charge in [0.2, 0.25) is 0 Å². The number of H-pyrrole nitrogens is 1. The molecule has 1 saturated heterocycles. The van der Waals surface area contributed by atoms with E-state index in [0.29, 0.717) is 6.04 Å². The lowest BCUT2D eigenvalue weighted by atomic mass is 9.92. The van der Waals surface area contributed by atoms with Gasteiger partial charge >= 0.3 is 0 Å². The average molecular weight is 337 g/mol. The summed E-state index contributed by atoms with van der Waals surface area (Å²) in [5.41, 5.74) is 1.91. The van der Waals surface area contributed by atoms with Crippen molar-refractivity contribution in [2.45, 2.75) is 32.2 Å². The van der Waals surface area contributed by atoms with Crippen molar-refractivity contribution >= 4 is 22.7 Å². The van der Waals surface area contributed by atoms with Crippen LogP contribution in [0.25, 0.3) is 11.0 Å². The highest BCUT2D eigenvalue weighted by Crippen LogP contribution is 2.28. The number of anilines is 2. The monoisotopic (exact) mass is 337 g/mol. The fourth-order valence-electron chi connectivity index (χ4n) is 3.09. The van der Waals surface area contributed by atoms with Gasteiger partial charge in [-0.15, -0.1) is 5.10 Å². The second kappa shape index (κ2) is 5.68. The third-order valence-electron chi connectivity index (χ3n) is 4.82. The Morgan fingerprint density at radius 3 is 2.60 bits per heavy atom. The molecule has 0 unspecified atom stereocenters. The van der Waals surface area contributed by atoms with E-state index in [2.05, 4.69) is 74.9 Å². The van der Waals surface area contributed by atoms with Gasteiger partial charge in [-0.25, -0.2) is 9.97 Å². The second-order valence-corrected chi connectivity index (χ2v) is 7.63. The van der Waals surface area contributed by atoms with E-state index in [1.54, 1.807) is 6.33 Å². The zero-order chi connectivity index (χ0) is 17.6. The number of likely N-dealkylation sites (N-methyl/N-ethyl adjacent to an activating group) is 1. The number of rotatable bonds is 3. The Balaban J connectivity index is 1.46. The summed E-state index contributed by atoms with van der Waals surface area (Å²) in [5.74, 6) is 1.90. The first-order chi connectivity index (χ1) is 11.9. The van der Waals surface area contributed by atoms with Crippen LogP contribution in [0.4, 0.5) is 11.6 Å². The van der Waals surface area contributed by atoms with Gasteiger partial charge in [0.15, 0.2) is 5.82 Å². The van der Waals surface area contributed by atoms with Gasteiger partial charge in [0.25, 0.3) is 0 Å². The van der Waals surface area contributed by atoms with Crippen LogP contribution in [0.1, 0.15) is 26.5 Å². The summed E-state index contributed by atoms with van der Waals surface area (Å²) in [5, 5.41) is 9.84. The maximum Gasteiger partial charge on any atom is 0.151 e. The van der Waals surface area contributed by atoms with Crippen molar-refractivity contribution in [1.29, 1.82) is 0 Å². The van der Waals surface area contributed by atoms with E-state index in [-0.39, 0.29) is 5.41 Å². The van der Waals surface area contributed by atoms with Crippen LogP contribution in [0.2, 0.25) is 0 Å². The first-order valence-corrected chi connectivity index (χ1v) is 8.53. The van der Waals surface area contributed by atoms with E-state index in [9.17, 15) is 0 Å². The fourth-order valence-corrected chi connectivity index (χ4v) is 3.09. The van der Waals surface area contributed by atoms with E-state index in [0.717, 1.165) is 41.5 Å². The largest absolute Gasteiger partial charge is 0.352 e. The Bertz CT molecular complexity index is 872. The predicted molar refractivity (Wildman–Crippen MR) is 99.0 cm³/mol. The molecule has 25 heavy (non-hydrogen) atoms. The molecule has 1 fully saturated rings. The van der Waals surface area contributed by atoms with Crippen LogP contribution in [0.15, 0.2) is 30.7 Å². The molecule has 7 heteroatoms. The molecule has 3 aromatic rings. The van der Waals surface area contributed by atoms with Crippen molar-refractivity contribution in [3.05, 3.63) is 36.4 Å². The molecular formula is C18H23N7. The summed E-state index contributed by atoms with van der Waals surface area (Å²) in [6.07, 6.45) is 3.51. The molecule has 0 atom stereocenters. The quantitative estimate of drug-likeness (QED) is 0.791. The van der Waals surface area contributed by atoms with Gasteiger partial charge in [-0.3, -0.25) is 0 Å². The van der Waals surface area contributed by atoms with Gasteiger partial charge in [0, 0.05) is 31.7 Å². The lowest BCUT2D eigenvalue weighted by molar-refractivity contribution is 0.486. The summed E-state index contributed by atoms with van der Waals surface area (Å²) in [6.45, 7) is 8.27. The SMILES string of the molecule is CN(c1ncnc2[nH]ccc12)C1CN(c2ccc(C(C)(C)C)nn2)C1. The smallest absolute Gasteiger partial charge is 0.151 e. The molecule has 0 spiro atoms. The van der Waals surface area contributed by atoms with E-state index < -0.39 is 0 Å². The molecule has 4 rings (SSSR count). The summed E-state index contributed by atoms with van der Waals surface area (Å²) >= 11 is 0. The number of hydrogen-bond donors (Lipinski definition) is 1. The molecular weight excluding hydrogens is 314 g/mol. The van der Waals surface area contributed by atoms with Crippen molar-refractivity contribution in [1.82, 2.24) is 25.1 Å². The normalized spacial score (nSPS) is 15.4. The lowest BCUT2D eigenvalue weighted by Crippen LogP contribution is -2.59. The Labute approximate surface area is 147 Å². The summed E-state index contributed by atoms with van der Waals surface area (Å²) < 4.78 is 0. The maximum atomic E-state index is 4.47. The molecule has 0 amide bonds. The number of aromatic amines is 1. The number of nitrogens with zero attached hydrogens (tertiary/aromatic N) is 6. The van der Waals surface area contributed by atoms with E-state index in [1.165, 1.54) is 0 Å². The van der Waals surface area contributed by atoms with Crippen LogP contribution in [0.5, 0.6) is 0 Å². The maximum absolute atomic E-state index is 4.47. The highest BCUT2D eigenvalue weighted by atomic mass is 15.4. The van der Waals surface area contributed by atoms with Crippen LogP contribution in [0.3, 0.4) is 0 Å². The molecule has 0 aliphatic carbocycles. The molecule has 0 aromatic carbocycles. The summed E-state index contributed by atoms with van der Waals surface area (Å²) in [4.78, 5) is 16.3. The first-order valence-electron chi connectivity index (χ1n) is 8.53. The highest BCUT2D eigenvalue weighted by Gasteiger charge is 2.32. The van der Waals surface area contributed by atoms with Crippen molar-refractivity contribution in [3.8, 4) is 0 Å². The van der Waals surface area contributed by atoms with Gasteiger partial charge < -0.3 is 14.8 Å². The minimum absolute atomic E-state index is 0.0260. The van der Waals surface area contributed by atoms with Gasteiger partial charge in [-0.2, -0.15) is 5.10 Å². The number of aromatic nitrogens is 5. The third kappa shape index (κ3) is 2.79. The predicted octanol–water partition coefficient (Wildman–Crippen LogP) is 2.37. The zero-order valence-electron chi connectivity index (χ0n) is 15.1. The first kappa shape index (κ1) is 15.8. The standard InChI is InChI=1S/C18H23N7/c1-18(2,3)14-5-6-15(23-22-14)25-9-12(10-25)24(4)17-13-7-8-19-16(13)20-11-21-17/h5-8,11-12H,9-10H2,1-4H3,(H,19,20,21). The van der Waals surface area contributed by atoms with Gasteiger partial charge in [-0.1, -0.05) is 20.8 Å². The van der Waals surface area contributed by atoms with E-state index >= 15 is 0 Å². The summed E-state index contributed by atoms with van der Waals surface area (Å²) in [6, 6.07) is 6.57. The van der Waals surface area contributed by atoms with Crippen molar-refractivity contribution in [2.24, 2.45) is 0 Å². The molecule has 3 aromatic heterocycles. The van der Waals surface area contributed by atoms with Gasteiger partial charge in [0.1, 0.15) is 17.8 Å². The van der Waals surface area contributed by atoms with Crippen LogP contribution in [-0.2, 0) is 5.41 Å². The molecule has 130 valence electrons. The Kier molecular flexibility index (Phi) is 3.59. The zero-order valence-corrected chi connectivity index (χ0v) is 15.1. The van der Waals surface area contributed by atoms with Crippen LogP contribution in [-0.4, -0.2) is 51.3 Å². The van der Waals surface area contributed by atoms with Crippen molar-refractivity contribution in [3.63, 3.8) is 0 Å². The number of fused-ring (bicyclic) bond motifs is 1. The van der Waals surface area contributed by atoms with Crippen molar-refractivity contribution < 1.29 is 0 Å². The topological polar surface area (TPSA) is 73.8 Å². The molecule has 1 aliphatic heterocycles. The van der Waals surface area contributed by atoms with Crippen LogP contribution < -0.4 is 9.80 Å². The Morgan fingerprint density at radius 1 is 1.12 bits per heavy atom. The average Bonchev–Trinajstić information content (AvgIpc) is 3.01. The number of nitrogens with one attached hydrogen (secondary N) is 1. The minimum atomic E-state index is 0.0260. The molecule has 0 bridgehead atoms. The van der Waals surface area contributed by atoms with Crippen molar-refractivity contribution in [2.75, 3.05) is 29.9 Å². The Hall–Kier alpha value is -2.70. The molecule has 7 nitrogen and oxygen atoms in total. The second-order valence-electron chi connectivity index (χ2n) is 7.63. The lowest BCUT2D eigenvalue weighted by Gasteiger charge is -2.45. The fraction of sp³-hybridized carbons (Fsp3) is 0.444. The van der Waals surface area contributed by atoms with Crippen LogP contribution >= 0.6 is 0 Å². The highest BCUT2D eigenvalue weighted by molar-refractivity contribution is 5.87. The Morgan fingerprint density at radius 2 is 1.92 bits per heavy atom. The minimum Gasteiger partial charge on any atom is -0.352 e. The van der Waals surface area contributed by atoms with Gasteiger partial charge in [-0.05, 0) is 18.2 Å². The third-order valence-corrected chi connectivity index (χ3v) is 4.82. The number of hydrogen-bond acceptors (Lipinski definition) is 6. The molecule has 0 saturated carbocycles. The molecule has 0 radical (unpaired) electrons. The van der Waals surface area contributed by atoms with Crippen LogP contribution in [0, 0.1) is 0 Å². The molecule has 1 N–H and O–H groups in total. The van der Waals surface area contributed by atoms with E-state index in [1.807, 2.05) is 12.3 Å². The van der Waals surface area contributed by atoms with E-state index in [4.69, 9.17) is 0 Å². The van der Waals surface area contributed by atoms with Gasteiger partial charge in [0.05, 0.1) is 17.1 Å². The summed E-state index contributed by atoms with van der Waals surface area (Å²) in [7, 11) is 2.09. The molecule has 1 aliphatic rings.